The molecule has 15 atom stereocenters. The van der Waals surface area contributed by atoms with Crippen molar-refractivity contribution < 1.29 is 62.1 Å². The van der Waals surface area contributed by atoms with Crippen LogP contribution in [0.3, 0.4) is 0 Å². The molecule has 8 bridgehead atoms. The molecule has 5 aliphatic heterocycles. The van der Waals surface area contributed by atoms with Crippen LogP contribution in [0.2, 0.25) is 0 Å². The van der Waals surface area contributed by atoms with Gasteiger partial charge in [-0.05, 0) is 75.1 Å². The van der Waals surface area contributed by atoms with Crippen molar-refractivity contribution in [3.8, 4) is 0 Å². The van der Waals surface area contributed by atoms with Crippen LogP contribution in [-0.4, -0.2) is 118 Å². The maximum Gasteiger partial charge on any atom is 0.330 e. The zero-order valence-electron chi connectivity index (χ0n) is 40.7. The molecule has 15 nitrogen and oxygen atoms in total. The number of carbonyl (C=O) groups is 1. The fourth-order valence-corrected chi connectivity index (χ4v) is 10.6. The number of hydrogen-bond donors (Lipinski definition) is 3. The van der Waals surface area contributed by atoms with Crippen LogP contribution >= 0.6 is 15.9 Å². The van der Waals surface area contributed by atoms with Crippen molar-refractivity contribution in [1.29, 1.82) is 0 Å². The maximum atomic E-state index is 13.6. The Bertz CT molecular complexity index is 2210. The highest BCUT2D eigenvalue weighted by Gasteiger charge is 2.45. The van der Waals surface area contributed by atoms with Gasteiger partial charge >= 0.3 is 5.97 Å². The molecule has 378 valence electrons. The quantitative estimate of drug-likeness (QED) is 0.104. The molecule has 4 saturated heterocycles. The van der Waals surface area contributed by atoms with E-state index in [0.29, 0.717) is 75.1 Å². The molecule has 0 aliphatic carbocycles. The molecule has 0 amide bonds. The van der Waals surface area contributed by atoms with Gasteiger partial charge in [-0.3, -0.25) is 0 Å². The van der Waals surface area contributed by atoms with Crippen LogP contribution in [0.15, 0.2) is 92.2 Å². The van der Waals surface area contributed by atoms with Gasteiger partial charge in [0.25, 0.3) is 0 Å². The highest BCUT2D eigenvalue weighted by molar-refractivity contribution is 9.11. The van der Waals surface area contributed by atoms with Gasteiger partial charge in [-0.25, -0.2) is 14.8 Å². The average Bonchev–Trinajstić information content (AvgIpc) is 3.96. The van der Waals surface area contributed by atoms with E-state index < -0.39 is 48.4 Å². The first-order valence-electron chi connectivity index (χ1n) is 24.3. The van der Waals surface area contributed by atoms with E-state index >= 15 is 0 Å². The van der Waals surface area contributed by atoms with E-state index in [2.05, 4.69) is 22.5 Å². The van der Waals surface area contributed by atoms with Gasteiger partial charge in [-0.2, -0.15) is 0 Å². The van der Waals surface area contributed by atoms with Crippen molar-refractivity contribution in [3.63, 3.8) is 0 Å². The first-order valence-corrected chi connectivity index (χ1v) is 25.2. The number of ether oxygens (including phenoxy) is 7. The van der Waals surface area contributed by atoms with Gasteiger partial charge in [0.2, 0.25) is 5.89 Å². The molecule has 0 saturated carbocycles. The number of oxazole rings is 2. The molecule has 2 unspecified atom stereocenters. The Kier molecular flexibility index (Phi) is 18.9. The van der Waals surface area contributed by atoms with Crippen molar-refractivity contribution in [1.82, 2.24) is 9.97 Å². The first-order chi connectivity index (χ1) is 33.1. The summed E-state index contributed by atoms with van der Waals surface area (Å²) in [5.74, 6) is -1.95. The number of aliphatic hydroxyl groups is 3. The van der Waals surface area contributed by atoms with Crippen LogP contribution in [-0.2, 0) is 44.4 Å². The predicted molar refractivity (Wildman–Crippen MR) is 261 cm³/mol. The molecule has 0 spiro atoms. The molecule has 0 aromatic carbocycles. The van der Waals surface area contributed by atoms with Crippen LogP contribution in [0.1, 0.15) is 121 Å². The molecule has 7 heterocycles. The topological polar surface area (TPSA) is 194 Å². The fraction of sp³-hybridized carbons (Fsp3) is 0.604. The van der Waals surface area contributed by atoms with E-state index in [-0.39, 0.29) is 67.2 Å². The summed E-state index contributed by atoms with van der Waals surface area (Å²) in [5, 5.41) is 33.9. The molecule has 16 heteroatoms. The lowest BCUT2D eigenvalue weighted by molar-refractivity contribution is -0.286. The predicted octanol–water partition coefficient (Wildman–Crippen LogP) is 8.76. The normalized spacial score (nSPS) is 36.1. The number of aliphatic hydroxyl groups excluding tert-OH is 2. The number of rotatable bonds is 12. The summed E-state index contributed by atoms with van der Waals surface area (Å²) in [4.78, 5) is 24.8. The van der Waals surface area contributed by atoms with Crippen molar-refractivity contribution in [2.45, 2.75) is 177 Å². The van der Waals surface area contributed by atoms with Gasteiger partial charge in [-0.15, -0.1) is 0 Å². The van der Waals surface area contributed by atoms with Gasteiger partial charge < -0.3 is 57.3 Å². The fourth-order valence-electron chi connectivity index (χ4n) is 10.4. The molecule has 3 N–H and O–H groups in total. The van der Waals surface area contributed by atoms with Crippen molar-refractivity contribution in [3.05, 3.63) is 107 Å². The van der Waals surface area contributed by atoms with Crippen molar-refractivity contribution in [2.75, 3.05) is 14.2 Å². The third-order valence-electron chi connectivity index (χ3n) is 13.9. The Morgan fingerprint density at radius 2 is 1.78 bits per heavy atom. The smallest absolute Gasteiger partial charge is 0.330 e. The van der Waals surface area contributed by atoms with Crippen LogP contribution in [0, 0.1) is 11.8 Å². The second kappa shape index (κ2) is 24.5. The van der Waals surface area contributed by atoms with Gasteiger partial charge in [0.1, 0.15) is 36.1 Å². The lowest BCUT2D eigenvalue weighted by atomic mass is 9.79. The highest BCUT2D eigenvalue weighted by atomic mass is 79.9. The van der Waals surface area contributed by atoms with E-state index in [0.717, 1.165) is 16.7 Å². The number of allylic oxidation sites excluding steroid dienone is 2. The lowest BCUT2D eigenvalue weighted by Gasteiger charge is -2.44. The number of hydrogen-bond acceptors (Lipinski definition) is 15. The summed E-state index contributed by atoms with van der Waals surface area (Å²) < 4.78 is 55.2. The third kappa shape index (κ3) is 14.6. The zero-order valence-corrected chi connectivity index (χ0v) is 42.3. The zero-order chi connectivity index (χ0) is 49.2. The molecule has 0 radical (unpaired) electrons. The molecule has 4 fully saturated rings. The third-order valence-corrected chi connectivity index (χ3v) is 14.2. The molecule has 2 aromatic heterocycles. The van der Waals surface area contributed by atoms with E-state index in [1.807, 2.05) is 64.2 Å². The number of carbonyl (C=O) groups excluding carboxylic acids is 1. The van der Waals surface area contributed by atoms with Crippen LogP contribution < -0.4 is 0 Å². The minimum atomic E-state index is -1.73. The Labute approximate surface area is 414 Å². The van der Waals surface area contributed by atoms with Crippen LogP contribution in [0.25, 0.3) is 12.2 Å². The molecular formula is C53H71BrN2O13. The standard InChI is InChI=1S/C53H71BrN2O13/c1-31(16-17-38(61-6)12-10-18-54)21-44(58)47-26-42(62-7)27-53(60,69-47)28-49-55-36(29-63-49)22-33(3)51-35(5)52-34(4)45(67-51)13-9-14-48-56-43(30-64-48)46-24-37(57)23-41(66-46)25-40-20-32(2)19-39(65-40)11-8-15-50(59)68-52/h8-10,14-18,21-22,29-30,34-35,37-42,44-47,51-52,57-58,60H,2,11-13,19-20,23-28H2,1,3-7H3/b14-9-,15-8+,17-16+,18-10+,31-21+,33-22+/t34-,35-,37+,38+,39-,40+,41-,42+,44+,45?,46+,47+,51-,52?,53-/m0/s1. The Morgan fingerprint density at radius 1 is 0.986 bits per heavy atom. The molecule has 69 heavy (non-hydrogen) atoms. The summed E-state index contributed by atoms with van der Waals surface area (Å²) in [7, 11) is 3.22. The average molecular weight is 1020 g/mol. The molecular weight excluding hydrogens is 952 g/mol. The Morgan fingerprint density at radius 3 is 2.57 bits per heavy atom. The van der Waals surface area contributed by atoms with Crippen molar-refractivity contribution in [2.24, 2.45) is 11.8 Å². The van der Waals surface area contributed by atoms with Gasteiger partial charge in [0.15, 0.2) is 11.7 Å². The molecule has 2 aromatic rings. The number of esters is 1. The van der Waals surface area contributed by atoms with E-state index in [9.17, 15) is 20.1 Å². The second-order valence-electron chi connectivity index (χ2n) is 19.5. The summed E-state index contributed by atoms with van der Waals surface area (Å²) in [6.07, 6.45) is 19.5. The number of fused-ring (bicyclic) bond motifs is 9. The monoisotopic (exact) mass is 1020 g/mol. The molecule has 7 rings (SSSR count). The number of halogens is 1. The summed E-state index contributed by atoms with van der Waals surface area (Å²) >= 11 is 3.28. The largest absolute Gasteiger partial charge is 0.458 e. The highest BCUT2D eigenvalue weighted by Crippen LogP contribution is 2.40. The summed E-state index contributed by atoms with van der Waals surface area (Å²) in [6.45, 7) is 12.2. The van der Waals surface area contributed by atoms with E-state index in [1.54, 1.807) is 37.6 Å². The van der Waals surface area contributed by atoms with Gasteiger partial charge in [0.05, 0.1) is 67.5 Å². The SMILES string of the molecule is C=C1C[C@@H]2C[C@@H]3C[C@@H](O)C[C@@H](O3)c3coc(n3)/C=C\CC3O[C@@H](/C(C)=C/c4coc(C[C@]5(O)C[C@H](OC)C[C@H]([C@H](O)/C=C(C)/C=C/[C@@H](C/C=C/Br)OC)O5)n4)[C@H](C)C(OC(=O)/C=C/C[C@@H](C1)O2)[C@H]3C. The van der Waals surface area contributed by atoms with Gasteiger partial charge in [-0.1, -0.05) is 84.0 Å². The summed E-state index contributed by atoms with van der Waals surface area (Å²) in [6, 6.07) is 0. The Balaban J connectivity index is 1.06. The van der Waals surface area contributed by atoms with E-state index in [1.165, 1.54) is 12.3 Å². The first kappa shape index (κ1) is 53.0. The van der Waals surface area contributed by atoms with Crippen molar-refractivity contribution >= 4 is 34.1 Å². The number of nitrogens with zero attached hydrogens (tertiary/aromatic N) is 2. The van der Waals surface area contributed by atoms with E-state index in [4.69, 9.17) is 52.0 Å². The van der Waals surface area contributed by atoms with Gasteiger partial charge in [0, 0.05) is 57.8 Å². The number of aromatic nitrogens is 2. The van der Waals surface area contributed by atoms with Crippen LogP contribution in [0.5, 0.6) is 0 Å². The number of methoxy groups -OCH3 is 2. The van der Waals surface area contributed by atoms with Crippen LogP contribution in [0.4, 0.5) is 0 Å². The maximum absolute atomic E-state index is 13.6. The molecule has 5 aliphatic rings. The minimum absolute atomic E-state index is 0.0830. The Hall–Kier alpha value is -3.81. The minimum Gasteiger partial charge on any atom is -0.458 e. The lowest BCUT2D eigenvalue weighted by Crippen LogP contribution is -2.51. The summed E-state index contributed by atoms with van der Waals surface area (Å²) in [5.41, 5.74) is 3.86. The second-order valence-corrected chi connectivity index (χ2v) is 20.0.